The second kappa shape index (κ2) is 9.08. The molecular weight excluding hydrogens is 459 g/mol. The highest BCUT2D eigenvalue weighted by molar-refractivity contribution is 7.89. The molecule has 0 saturated carbocycles. The van der Waals surface area contributed by atoms with Crippen LogP contribution in [0, 0.1) is 5.82 Å². The molecule has 3 aromatic carbocycles. The van der Waals surface area contributed by atoms with Crippen molar-refractivity contribution in [2.24, 2.45) is 0 Å². The summed E-state index contributed by atoms with van der Waals surface area (Å²) in [6.07, 6.45) is 0.494. The van der Waals surface area contributed by atoms with Crippen LogP contribution < -0.4 is 14.8 Å². The van der Waals surface area contributed by atoms with Crippen molar-refractivity contribution in [3.05, 3.63) is 89.2 Å². The molecule has 0 saturated heterocycles. The van der Waals surface area contributed by atoms with Crippen molar-refractivity contribution in [3.63, 3.8) is 0 Å². The molecule has 0 aromatic heterocycles. The molecule has 0 unspecified atom stereocenters. The maximum Gasteiger partial charge on any atom is 0.243 e. The standard InChI is InChI=1S/C25H23FN2O5S/c26-19-6-8-20(9-7-19)34(30,31)28-12-11-18-3-1-2-4-21(18)22(28)14-25(29)27-15-17-5-10-23-24(13-17)33-16-32-23/h1-10,13,22H,11-12,14-16H2,(H,27,29)/t22-/m1/s1. The Balaban J connectivity index is 1.37. The zero-order valence-electron chi connectivity index (χ0n) is 18.2. The van der Waals surface area contributed by atoms with E-state index in [1.165, 1.54) is 16.4 Å². The summed E-state index contributed by atoms with van der Waals surface area (Å²) in [4.78, 5) is 12.9. The van der Waals surface area contributed by atoms with Crippen molar-refractivity contribution in [3.8, 4) is 11.5 Å². The fourth-order valence-electron chi connectivity index (χ4n) is 4.37. The predicted octanol–water partition coefficient (Wildman–Crippen LogP) is 3.55. The minimum atomic E-state index is -3.93. The number of benzene rings is 3. The van der Waals surface area contributed by atoms with Crippen molar-refractivity contribution in [2.45, 2.75) is 30.3 Å². The van der Waals surface area contributed by atoms with Crippen molar-refractivity contribution in [2.75, 3.05) is 13.3 Å². The number of hydrogen-bond donors (Lipinski definition) is 1. The Morgan fingerprint density at radius 1 is 1.03 bits per heavy atom. The van der Waals surface area contributed by atoms with Crippen LogP contribution in [0.1, 0.15) is 29.2 Å². The number of ether oxygens (including phenoxy) is 2. The van der Waals surface area contributed by atoms with E-state index in [1.54, 1.807) is 6.07 Å². The highest BCUT2D eigenvalue weighted by atomic mass is 32.2. The number of carbonyl (C=O) groups is 1. The zero-order valence-corrected chi connectivity index (χ0v) is 19.1. The second-order valence-corrected chi connectivity index (χ2v) is 10.1. The summed E-state index contributed by atoms with van der Waals surface area (Å²) >= 11 is 0. The molecule has 2 aliphatic rings. The third kappa shape index (κ3) is 4.36. The molecular formula is C25H23FN2O5S. The van der Waals surface area contributed by atoms with Gasteiger partial charge in [0.05, 0.1) is 10.9 Å². The van der Waals surface area contributed by atoms with E-state index in [0.717, 1.165) is 28.8 Å². The highest BCUT2D eigenvalue weighted by Crippen LogP contribution is 2.36. The lowest BCUT2D eigenvalue weighted by atomic mass is 9.92. The largest absolute Gasteiger partial charge is 0.454 e. The predicted molar refractivity (Wildman–Crippen MR) is 122 cm³/mol. The van der Waals surface area contributed by atoms with Gasteiger partial charge in [-0.2, -0.15) is 4.31 Å². The Bertz CT molecular complexity index is 1330. The summed E-state index contributed by atoms with van der Waals surface area (Å²) in [5, 5.41) is 2.88. The number of nitrogens with zero attached hydrogens (tertiary/aromatic N) is 1. The van der Waals surface area contributed by atoms with Gasteiger partial charge in [-0.05, 0) is 59.5 Å². The number of amides is 1. The van der Waals surface area contributed by atoms with Gasteiger partial charge in [0.15, 0.2) is 11.5 Å². The molecule has 0 radical (unpaired) electrons. The molecule has 5 rings (SSSR count). The lowest BCUT2D eigenvalue weighted by Crippen LogP contribution is -2.42. The Kier molecular flexibility index (Phi) is 5.97. The van der Waals surface area contributed by atoms with Gasteiger partial charge in [0, 0.05) is 19.5 Å². The summed E-state index contributed by atoms with van der Waals surface area (Å²) in [6.45, 7) is 0.677. The summed E-state index contributed by atoms with van der Waals surface area (Å²) in [5.41, 5.74) is 2.66. The lowest BCUT2D eigenvalue weighted by molar-refractivity contribution is -0.122. The fourth-order valence-corrected chi connectivity index (χ4v) is 5.97. The molecule has 1 N–H and O–H groups in total. The number of rotatable bonds is 6. The van der Waals surface area contributed by atoms with E-state index in [2.05, 4.69) is 5.32 Å². The van der Waals surface area contributed by atoms with Crippen molar-refractivity contribution in [1.82, 2.24) is 9.62 Å². The minimum Gasteiger partial charge on any atom is -0.454 e. The summed E-state index contributed by atoms with van der Waals surface area (Å²) in [5.74, 6) is 0.501. The lowest BCUT2D eigenvalue weighted by Gasteiger charge is -2.36. The molecule has 0 fully saturated rings. The van der Waals surface area contributed by atoms with E-state index in [9.17, 15) is 17.6 Å². The normalized spacial score (nSPS) is 17.3. The van der Waals surface area contributed by atoms with Gasteiger partial charge in [-0.3, -0.25) is 4.79 Å². The maximum absolute atomic E-state index is 13.4. The van der Waals surface area contributed by atoms with Crippen molar-refractivity contribution >= 4 is 15.9 Å². The molecule has 1 amide bonds. The van der Waals surface area contributed by atoms with E-state index >= 15 is 0 Å². The van der Waals surface area contributed by atoms with Gasteiger partial charge in [-0.25, -0.2) is 12.8 Å². The Hall–Kier alpha value is -3.43. The molecule has 176 valence electrons. The van der Waals surface area contributed by atoms with Gasteiger partial charge in [0.1, 0.15) is 5.82 Å². The van der Waals surface area contributed by atoms with Crippen molar-refractivity contribution in [1.29, 1.82) is 0 Å². The number of sulfonamides is 1. The van der Waals surface area contributed by atoms with E-state index in [4.69, 9.17) is 9.47 Å². The van der Waals surface area contributed by atoms with Crippen LogP contribution in [0.25, 0.3) is 0 Å². The third-order valence-electron chi connectivity index (χ3n) is 6.09. The van der Waals surface area contributed by atoms with Crippen LogP contribution in [0.2, 0.25) is 0 Å². The van der Waals surface area contributed by atoms with E-state index in [1.807, 2.05) is 36.4 Å². The average molecular weight is 483 g/mol. The number of halogens is 1. The van der Waals surface area contributed by atoms with Gasteiger partial charge in [-0.1, -0.05) is 30.3 Å². The number of nitrogens with one attached hydrogen (secondary N) is 1. The summed E-state index contributed by atoms with van der Waals surface area (Å²) < 4.78 is 52.3. The average Bonchev–Trinajstić information content (AvgIpc) is 3.31. The second-order valence-electron chi connectivity index (χ2n) is 8.20. The maximum atomic E-state index is 13.4. The molecule has 0 spiro atoms. The highest BCUT2D eigenvalue weighted by Gasteiger charge is 2.37. The Morgan fingerprint density at radius 2 is 1.79 bits per heavy atom. The molecule has 2 aliphatic heterocycles. The third-order valence-corrected chi connectivity index (χ3v) is 8.01. The molecule has 3 aromatic rings. The van der Waals surface area contributed by atoms with Gasteiger partial charge in [0.2, 0.25) is 22.7 Å². The monoisotopic (exact) mass is 482 g/mol. The Labute approximate surface area is 197 Å². The molecule has 7 nitrogen and oxygen atoms in total. The van der Waals surface area contributed by atoms with Crippen LogP contribution in [-0.2, 0) is 27.8 Å². The van der Waals surface area contributed by atoms with Crippen LogP contribution in [0.15, 0.2) is 71.6 Å². The van der Waals surface area contributed by atoms with Gasteiger partial charge < -0.3 is 14.8 Å². The van der Waals surface area contributed by atoms with Crippen LogP contribution in [0.3, 0.4) is 0 Å². The van der Waals surface area contributed by atoms with Crippen molar-refractivity contribution < 1.29 is 27.1 Å². The van der Waals surface area contributed by atoms with E-state index in [0.29, 0.717) is 17.9 Å². The first-order valence-corrected chi connectivity index (χ1v) is 12.4. The molecule has 34 heavy (non-hydrogen) atoms. The van der Waals surface area contributed by atoms with Gasteiger partial charge >= 0.3 is 0 Å². The first-order valence-electron chi connectivity index (χ1n) is 10.9. The topological polar surface area (TPSA) is 84.9 Å². The molecule has 0 bridgehead atoms. The zero-order chi connectivity index (χ0) is 23.7. The number of hydrogen-bond acceptors (Lipinski definition) is 5. The summed E-state index contributed by atoms with van der Waals surface area (Å²) in [7, 11) is -3.93. The van der Waals surface area contributed by atoms with Crippen LogP contribution >= 0.6 is 0 Å². The number of carbonyl (C=O) groups excluding carboxylic acids is 1. The molecule has 0 aliphatic carbocycles. The fraction of sp³-hybridized carbons (Fsp3) is 0.240. The smallest absolute Gasteiger partial charge is 0.243 e. The van der Waals surface area contributed by atoms with Gasteiger partial charge in [0.25, 0.3) is 0 Å². The van der Waals surface area contributed by atoms with Gasteiger partial charge in [-0.15, -0.1) is 0 Å². The number of fused-ring (bicyclic) bond motifs is 2. The first kappa shape index (κ1) is 22.4. The van der Waals surface area contributed by atoms with Crippen LogP contribution in [0.4, 0.5) is 4.39 Å². The van der Waals surface area contributed by atoms with E-state index in [-0.39, 0.29) is 37.1 Å². The molecule has 9 heteroatoms. The first-order chi connectivity index (χ1) is 16.4. The summed E-state index contributed by atoms with van der Waals surface area (Å²) in [6, 6.07) is 17.1. The molecule has 1 atom stereocenters. The Morgan fingerprint density at radius 3 is 2.62 bits per heavy atom. The SMILES string of the molecule is O=C(C[C@@H]1c2ccccc2CCN1S(=O)(=O)c1ccc(F)cc1)NCc1ccc2c(c1)OCO2. The van der Waals surface area contributed by atoms with Crippen LogP contribution in [-0.4, -0.2) is 32.0 Å². The quantitative estimate of drug-likeness (QED) is 0.581. The minimum absolute atomic E-state index is 0.000880. The van der Waals surface area contributed by atoms with Crippen LogP contribution in [0.5, 0.6) is 11.5 Å². The van der Waals surface area contributed by atoms with E-state index < -0.39 is 21.9 Å². The molecule has 2 heterocycles.